The molecule has 0 saturated carbocycles. The summed E-state index contributed by atoms with van der Waals surface area (Å²) in [4.78, 5) is 13.5. The molecule has 0 unspecified atom stereocenters. The summed E-state index contributed by atoms with van der Waals surface area (Å²) in [6.07, 6.45) is 3.59. The first-order valence-electron chi connectivity index (χ1n) is 5.10. The van der Waals surface area contributed by atoms with Crippen molar-refractivity contribution in [2.45, 2.75) is 6.54 Å². The number of carbonyl (C=O) groups is 1. The minimum Gasteiger partial charge on any atom is -0.382 e. The van der Waals surface area contributed by atoms with Gasteiger partial charge in [-0.05, 0) is 0 Å². The maximum atomic E-state index is 11.9. The van der Waals surface area contributed by atoms with E-state index in [1.165, 1.54) is 6.07 Å². The number of hydrogen-bond acceptors (Lipinski definition) is 4. The zero-order valence-electron chi connectivity index (χ0n) is 9.71. The summed E-state index contributed by atoms with van der Waals surface area (Å²) in [6, 6.07) is 1.52. The van der Waals surface area contributed by atoms with Gasteiger partial charge in [0.1, 0.15) is 11.5 Å². The first kappa shape index (κ1) is 11.2. The third kappa shape index (κ3) is 2.44. The van der Waals surface area contributed by atoms with E-state index in [9.17, 15) is 4.79 Å². The molecule has 1 amide bonds. The minimum absolute atomic E-state index is 0.155. The van der Waals surface area contributed by atoms with Gasteiger partial charge in [0, 0.05) is 38.5 Å². The van der Waals surface area contributed by atoms with Crippen molar-refractivity contribution < 1.29 is 4.79 Å². The van der Waals surface area contributed by atoms with Gasteiger partial charge < -0.3 is 10.6 Å². The van der Waals surface area contributed by atoms with Crippen molar-refractivity contribution >= 4 is 11.7 Å². The molecule has 17 heavy (non-hydrogen) atoms. The Hall–Kier alpha value is -2.31. The van der Waals surface area contributed by atoms with E-state index in [-0.39, 0.29) is 5.91 Å². The molecule has 90 valence electrons. The highest BCUT2D eigenvalue weighted by atomic mass is 16.2. The van der Waals surface area contributed by atoms with Crippen LogP contribution in [0, 0.1) is 0 Å². The number of aryl methyl sites for hydroxylation is 1. The van der Waals surface area contributed by atoms with E-state index in [2.05, 4.69) is 15.3 Å². The van der Waals surface area contributed by atoms with Gasteiger partial charge in [-0.15, -0.1) is 0 Å². The summed E-state index contributed by atoms with van der Waals surface area (Å²) < 4.78 is 1.70. The van der Waals surface area contributed by atoms with Gasteiger partial charge in [-0.1, -0.05) is 0 Å². The van der Waals surface area contributed by atoms with Crippen molar-refractivity contribution in [3.63, 3.8) is 0 Å². The van der Waals surface area contributed by atoms with E-state index in [4.69, 9.17) is 5.73 Å². The lowest BCUT2D eigenvalue weighted by atomic mass is 10.3. The second-order valence-electron chi connectivity index (χ2n) is 3.89. The zero-order chi connectivity index (χ0) is 12.4. The Balaban J connectivity index is 2.05. The first-order chi connectivity index (χ1) is 8.06. The number of nitrogens with zero attached hydrogens (tertiary/aromatic N) is 4. The number of anilines is 1. The smallest absolute Gasteiger partial charge is 0.271 e. The Morgan fingerprint density at radius 2 is 2.41 bits per heavy atom. The Morgan fingerprint density at radius 1 is 1.65 bits per heavy atom. The summed E-state index contributed by atoms with van der Waals surface area (Å²) in [5.41, 5.74) is 6.80. The predicted octanol–water partition coefficient (Wildman–Crippen LogP) is -0.00240. The van der Waals surface area contributed by atoms with Gasteiger partial charge >= 0.3 is 0 Å². The number of carbonyl (C=O) groups excluding carboxylic acids is 1. The highest BCUT2D eigenvalue weighted by Crippen LogP contribution is 2.07. The first-order valence-corrected chi connectivity index (χ1v) is 5.10. The van der Waals surface area contributed by atoms with E-state index in [0.29, 0.717) is 18.1 Å². The summed E-state index contributed by atoms with van der Waals surface area (Å²) in [6.45, 7) is 0.492. The lowest BCUT2D eigenvalue weighted by molar-refractivity contribution is 0.0779. The molecule has 0 saturated heterocycles. The van der Waals surface area contributed by atoms with Crippen LogP contribution in [0.25, 0.3) is 0 Å². The van der Waals surface area contributed by atoms with Crippen LogP contribution in [0.2, 0.25) is 0 Å². The van der Waals surface area contributed by atoms with Crippen LogP contribution in [0.15, 0.2) is 18.5 Å². The molecule has 0 radical (unpaired) electrons. The Bertz CT molecular complexity index is 528. The van der Waals surface area contributed by atoms with E-state index in [0.717, 1.165) is 5.56 Å². The van der Waals surface area contributed by atoms with Crippen molar-refractivity contribution in [1.82, 2.24) is 24.9 Å². The number of aromatic nitrogens is 4. The Kier molecular flexibility index (Phi) is 2.82. The van der Waals surface area contributed by atoms with E-state index >= 15 is 0 Å². The van der Waals surface area contributed by atoms with Crippen LogP contribution >= 0.6 is 0 Å². The molecule has 0 aliphatic rings. The van der Waals surface area contributed by atoms with Gasteiger partial charge in [0.15, 0.2) is 0 Å². The zero-order valence-corrected chi connectivity index (χ0v) is 9.71. The van der Waals surface area contributed by atoms with Crippen molar-refractivity contribution in [1.29, 1.82) is 0 Å². The fourth-order valence-corrected chi connectivity index (χ4v) is 1.55. The van der Waals surface area contributed by atoms with E-state index in [1.54, 1.807) is 22.8 Å². The quantitative estimate of drug-likeness (QED) is 0.781. The lowest BCUT2D eigenvalue weighted by Crippen LogP contribution is -2.26. The monoisotopic (exact) mass is 234 g/mol. The summed E-state index contributed by atoms with van der Waals surface area (Å²) in [5.74, 6) is 0.154. The van der Waals surface area contributed by atoms with Crippen molar-refractivity contribution in [3.05, 3.63) is 29.7 Å². The van der Waals surface area contributed by atoms with Crippen LogP contribution in [-0.2, 0) is 13.6 Å². The van der Waals surface area contributed by atoms with Crippen molar-refractivity contribution in [2.24, 2.45) is 7.05 Å². The number of nitrogens with two attached hydrogens (primary N) is 1. The number of nitrogens with one attached hydrogen (secondary N) is 1. The minimum atomic E-state index is -0.155. The van der Waals surface area contributed by atoms with Gasteiger partial charge in [-0.2, -0.15) is 10.2 Å². The normalized spacial score (nSPS) is 10.5. The van der Waals surface area contributed by atoms with Crippen molar-refractivity contribution in [2.75, 3.05) is 12.8 Å². The van der Waals surface area contributed by atoms with Crippen LogP contribution in [-0.4, -0.2) is 37.8 Å². The number of aromatic amines is 1. The van der Waals surface area contributed by atoms with Crippen LogP contribution in [0.4, 0.5) is 5.82 Å². The van der Waals surface area contributed by atoms with Gasteiger partial charge in [0.25, 0.3) is 5.91 Å². The number of H-pyrrole nitrogens is 1. The molecule has 0 aliphatic carbocycles. The average molecular weight is 234 g/mol. The molecule has 0 spiro atoms. The number of nitrogen functional groups attached to an aromatic ring is 1. The Labute approximate surface area is 98.2 Å². The van der Waals surface area contributed by atoms with Crippen LogP contribution in [0.5, 0.6) is 0 Å². The molecule has 2 rings (SSSR count). The SMILES string of the molecule is CN(Cc1cnn(C)c1)C(=O)c1cc(N)n[nH]1. The topological polar surface area (TPSA) is 92.8 Å². The van der Waals surface area contributed by atoms with Crippen molar-refractivity contribution in [3.8, 4) is 0 Å². The third-order valence-electron chi connectivity index (χ3n) is 2.35. The second-order valence-corrected chi connectivity index (χ2v) is 3.89. The molecule has 2 aromatic heterocycles. The van der Waals surface area contributed by atoms with Gasteiger partial charge in [0.2, 0.25) is 0 Å². The molecule has 0 aromatic carbocycles. The molecular formula is C10H14N6O. The highest BCUT2D eigenvalue weighted by Gasteiger charge is 2.14. The molecule has 7 nitrogen and oxygen atoms in total. The molecule has 0 bridgehead atoms. The number of hydrogen-bond donors (Lipinski definition) is 2. The average Bonchev–Trinajstić information content (AvgIpc) is 2.87. The van der Waals surface area contributed by atoms with Gasteiger partial charge in [0.05, 0.1) is 6.20 Å². The molecule has 0 aliphatic heterocycles. The summed E-state index contributed by atoms with van der Waals surface area (Å²) in [5, 5.41) is 10.4. The van der Waals surface area contributed by atoms with Crippen LogP contribution in [0.1, 0.15) is 16.1 Å². The summed E-state index contributed by atoms with van der Waals surface area (Å²) in [7, 11) is 3.55. The molecular weight excluding hydrogens is 220 g/mol. The fourth-order valence-electron chi connectivity index (χ4n) is 1.55. The van der Waals surface area contributed by atoms with E-state index < -0.39 is 0 Å². The highest BCUT2D eigenvalue weighted by molar-refractivity contribution is 5.92. The molecule has 2 heterocycles. The fraction of sp³-hybridized carbons (Fsp3) is 0.300. The maximum Gasteiger partial charge on any atom is 0.271 e. The third-order valence-corrected chi connectivity index (χ3v) is 2.35. The number of rotatable bonds is 3. The molecule has 0 fully saturated rings. The molecule has 2 aromatic rings. The summed E-state index contributed by atoms with van der Waals surface area (Å²) >= 11 is 0. The largest absolute Gasteiger partial charge is 0.382 e. The van der Waals surface area contributed by atoms with Crippen LogP contribution < -0.4 is 5.73 Å². The van der Waals surface area contributed by atoms with Crippen LogP contribution in [0.3, 0.4) is 0 Å². The molecule has 7 heteroatoms. The second kappa shape index (κ2) is 4.28. The molecule has 0 atom stereocenters. The standard InChI is InChI=1S/C10H14N6O/c1-15(5-7-4-12-16(2)6-7)10(17)8-3-9(11)14-13-8/h3-4,6H,5H2,1-2H3,(H3,11,13,14). The maximum absolute atomic E-state index is 11.9. The predicted molar refractivity (Wildman–Crippen MR) is 62.0 cm³/mol. The lowest BCUT2D eigenvalue weighted by Gasteiger charge is -2.14. The van der Waals surface area contributed by atoms with Gasteiger partial charge in [-0.25, -0.2) is 0 Å². The number of amides is 1. The van der Waals surface area contributed by atoms with E-state index in [1.807, 2.05) is 13.2 Å². The molecule has 3 N–H and O–H groups in total. The Morgan fingerprint density at radius 3 is 2.94 bits per heavy atom. The van der Waals surface area contributed by atoms with Gasteiger partial charge in [-0.3, -0.25) is 14.6 Å².